The Labute approximate surface area is 87.5 Å². The highest BCUT2D eigenvalue weighted by Gasteiger charge is 2.05. The SMILES string of the molecule is CCCNC(=S)NC(C)CC(C)C. The lowest BCUT2D eigenvalue weighted by Crippen LogP contribution is -2.41. The van der Waals surface area contributed by atoms with Crippen LogP contribution in [0.5, 0.6) is 0 Å². The van der Waals surface area contributed by atoms with Gasteiger partial charge in [-0.3, -0.25) is 0 Å². The minimum Gasteiger partial charge on any atom is -0.363 e. The van der Waals surface area contributed by atoms with Crippen molar-refractivity contribution >= 4 is 17.3 Å². The first-order chi connectivity index (χ1) is 6.06. The molecule has 13 heavy (non-hydrogen) atoms. The van der Waals surface area contributed by atoms with Crippen LogP contribution in [0.15, 0.2) is 0 Å². The fraction of sp³-hybridized carbons (Fsp3) is 0.900. The lowest BCUT2D eigenvalue weighted by molar-refractivity contribution is 0.489. The van der Waals surface area contributed by atoms with E-state index in [2.05, 4.69) is 38.3 Å². The second kappa shape index (κ2) is 7.13. The molecule has 0 aliphatic heterocycles. The normalized spacial score (nSPS) is 12.7. The Kier molecular flexibility index (Phi) is 6.96. The number of thiocarbonyl (C=S) groups is 1. The highest BCUT2D eigenvalue weighted by atomic mass is 32.1. The average molecular weight is 202 g/mol. The summed E-state index contributed by atoms with van der Waals surface area (Å²) in [4.78, 5) is 0. The second-order valence-corrected chi connectivity index (χ2v) is 4.34. The summed E-state index contributed by atoms with van der Waals surface area (Å²) in [6.07, 6.45) is 2.27. The highest BCUT2D eigenvalue weighted by molar-refractivity contribution is 7.80. The quantitative estimate of drug-likeness (QED) is 0.669. The number of nitrogens with one attached hydrogen (secondary N) is 2. The van der Waals surface area contributed by atoms with Crippen LogP contribution in [0.25, 0.3) is 0 Å². The third-order valence-electron chi connectivity index (χ3n) is 1.74. The Morgan fingerprint density at radius 2 is 1.92 bits per heavy atom. The van der Waals surface area contributed by atoms with Crippen molar-refractivity contribution in [3.05, 3.63) is 0 Å². The van der Waals surface area contributed by atoms with E-state index in [4.69, 9.17) is 12.2 Å². The molecule has 2 N–H and O–H groups in total. The van der Waals surface area contributed by atoms with E-state index in [-0.39, 0.29) is 0 Å². The predicted octanol–water partition coefficient (Wildman–Crippen LogP) is 2.30. The largest absolute Gasteiger partial charge is 0.363 e. The zero-order chi connectivity index (χ0) is 10.3. The molecule has 0 aliphatic rings. The monoisotopic (exact) mass is 202 g/mol. The van der Waals surface area contributed by atoms with E-state index < -0.39 is 0 Å². The fourth-order valence-corrected chi connectivity index (χ4v) is 1.58. The molecule has 1 atom stereocenters. The Hall–Kier alpha value is -0.310. The summed E-state index contributed by atoms with van der Waals surface area (Å²) in [6, 6.07) is 0.469. The standard InChI is InChI=1S/C10H22N2S/c1-5-6-11-10(13)12-9(4)7-8(2)3/h8-9H,5-7H2,1-4H3,(H2,11,12,13). The fourth-order valence-electron chi connectivity index (χ4n) is 1.28. The van der Waals surface area contributed by atoms with Crippen molar-refractivity contribution < 1.29 is 0 Å². The summed E-state index contributed by atoms with van der Waals surface area (Å²) in [7, 11) is 0. The molecule has 2 nitrogen and oxygen atoms in total. The predicted molar refractivity (Wildman–Crippen MR) is 62.9 cm³/mol. The molecule has 0 aromatic carbocycles. The first-order valence-electron chi connectivity index (χ1n) is 5.10. The van der Waals surface area contributed by atoms with Gasteiger partial charge in [-0.15, -0.1) is 0 Å². The topological polar surface area (TPSA) is 24.1 Å². The first kappa shape index (κ1) is 12.7. The van der Waals surface area contributed by atoms with Gasteiger partial charge in [0, 0.05) is 12.6 Å². The zero-order valence-corrected chi connectivity index (χ0v) is 10.0. The van der Waals surface area contributed by atoms with Crippen molar-refractivity contribution in [1.82, 2.24) is 10.6 Å². The maximum Gasteiger partial charge on any atom is 0.166 e. The molecule has 78 valence electrons. The molecule has 0 aromatic rings. The van der Waals surface area contributed by atoms with E-state index in [0.29, 0.717) is 6.04 Å². The van der Waals surface area contributed by atoms with Gasteiger partial charge < -0.3 is 10.6 Å². The van der Waals surface area contributed by atoms with Gasteiger partial charge in [-0.2, -0.15) is 0 Å². The average Bonchev–Trinajstić information content (AvgIpc) is 1.98. The lowest BCUT2D eigenvalue weighted by Gasteiger charge is -2.18. The Morgan fingerprint density at radius 3 is 2.38 bits per heavy atom. The molecule has 0 bridgehead atoms. The number of hydrogen-bond donors (Lipinski definition) is 2. The first-order valence-corrected chi connectivity index (χ1v) is 5.51. The maximum absolute atomic E-state index is 5.13. The molecule has 0 radical (unpaired) electrons. The van der Waals surface area contributed by atoms with E-state index in [0.717, 1.165) is 30.4 Å². The Morgan fingerprint density at radius 1 is 1.31 bits per heavy atom. The van der Waals surface area contributed by atoms with Gasteiger partial charge in [0.2, 0.25) is 0 Å². The molecular formula is C10H22N2S. The van der Waals surface area contributed by atoms with Gasteiger partial charge in [-0.05, 0) is 37.9 Å². The van der Waals surface area contributed by atoms with E-state index in [1.165, 1.54) is 0 Å². The van der Waals surface area contributed by atoms with Gasteiger partial charge in [-0.25, -0.2) is 0 Å². The van der Waals surface area contributed by atoms with Crippen LogP contribution in [-0.4, -0.2) is 17.7 Å². The summed E-state index contributed by atoms with van der Waals surface area (Å²) >= 11 is 5.13. The van der Waals surface area contributed by atoms with Gasteiger partial charge in [0.1, 0.15) is 0 Å². The van der Waals surface area contributed by atoms with Crippen LogP contribution >= 0.6 is 12.2 Å². The third kappa shape index (κ3) is 8.03. The van der Waals surface area contributed by atoms with Crippen molar-refractivity contribution in [2.45, 2.75) is 46.6 Å². The molecule has 0 rings (SSSR count). The summed E-state index contributed by atoms with van der Waals surface area (Å²) in [6.45, 7) is 9.70. The van der Waals surface area contributed by atoms with E-state index in [9.17, 15) is 0 Å². The van der Waals surface area contributed by atoms with Crippen molar-refractivity contribution in [3.8, 4) is 0 Å². The van der Waals surface area contributed by atoms with Crippen LogP contribution in [0, 0.1) is 5.92 Å². The van der Waals surface area contributed by atoms with Crippen molar-refractivity contribution in [2.75, 3.05) is 6.54 Å². The van der Waals surface area contributed by atoms with Gasteiger partial charge in [0.05, 0.1) is 0 Å². The maximum atomic E-state index is 5.13. The van der Waals surface area contributed by atoms with Crippen molar-refractivity contribution in [2.24, 2.45) is 5.92 Å². The number of rotatable bonds is 5. The van der Waals surface area contributed by atoms with Crippen LogP contribution in [0.1, 0.15) is 40.5 Å². The van der Waals surface area contributed by atoms with Crippen molar-refractivity contribution in [1.29, 1.82) is 0 Å². The van der Waals surface area contributed by atoms with Crippen LogP contribution in [0.3, 0.4) is 0 Å². The van der Waals surface area contributed by atoms with Crippen molar-refractivity contribution in [3.63, 3.8) is 0 Å². The molecular weight excluding hydrogens is 180 g/mol. The van der Waals surface area contributed by atoms with Gasteiger partial charge in [0.25, 0.3) is 0 Å². The highest BCUT2D eigenvalue weighted by Crippen LogP contribution is 2.03. The zero-order valence-electron chi connectivity index (χ0n) is 9.18. The Bertz CT molecular complexity index is 146. The molecule has 0 aromatic heterocycles. The van der Waals surface area contributed by atoms with E-state index in [1.807, 2.05) is 0 Å². The van der Waals surface area contributed by atoms with E-state index >= 15 is 0 Å². The molecule has 0 fully saturated rings. The molecule has 0 saturated heterocycles. The van der Waals surface area contributed by atoms with E-state index in [1.54, 1.807) is 0 Å². The molecule has 0 amide bonds. The smallest absolute Gasteiger partial charge is 0.166 e. The second-order valence-electron chi connectivity index (χ2n) is 3.93. The molecule has 0 heterocycles. The lowest BCUT2D eigenvalue weighted by atomic mass is 10.1. The minimum atomic E-state index is 0.469. The minimum absolute atomic E-state index is 0.469. The third-order valence-corrected chi connectivity index (χ3v) is 2.00. The summed E-state index contributed by atoms with van der Waals surface area (Å²) in [5.41, 5.74) is 0. The molecule has 3 heteroatoms. The molecule has 0 saturated carbocycles. The summed E-state index contributed by atoms with van der Waals surface area (Å²) < 4.78 is 0. The molecule has 0 aliphatic carbocycles. The van der Waals surface area contributed by atoms with Crippen LogP contribution < -0.4 is 10.6 Å². The van der Waals surface area contributed by atoms with Gasteiger partial charge in [-0.1, -0.05) is 20.8 Å². The number of hydrogen-bond acceptors (Lipinski definition) is 1. The van der Waals surface area contributed by atoms with Crippen LogP contribution in [-0.2, 0) is 0 Å². The van der Waals surface area contributed by atoms with Crippen LogP contribution in [0.4, 0.5) is 0 Å². The summed E-state index contributed by atoms with van der Waals surface area (Å²) in [5, 5.41) is 7.21. The van der Waals surface area contributed by atoms with Gasteiger partial charge >= 0.3 is 0 Å². The van der Waals surface area contributed by atoms with Gasteiger partial charge in [0.15, 0.2) is 5.11 Å². The Balaban J connectivity index is 3.53. The molecule has 0 spiro atoms. The molecule has 1 unspecified atom stereocenters. The summed E-state index contributed by atoms with van der Waals surface area (Å²) in [5.74, 6) is 0.719. The van der Waals surface area contributed by atoms with Crippen LogP contribution in [0.2, 0.25) is 0 Å².